The lowest BCUT2D eigenvalue weighted by Gasteiger charge is -2.31. The molecule has 0 spiro atoms. The summed E-state index contributed by atoms with van der Waals surface area (Å²) in [6, 6.07) is 16.1. The first-order valence-corrected chi connectivity index (χ1v) is 11.7. The van der Waals surface area contributed by atoms with E-state index in [1.165, 1.54) is 4.90 Å². The summed E-state index contributed by atoms with van der Waals surface area (Å²) in [6.45, 7) is 4.44. The number of carbonyl (C=O) groups is 2. The van der Waals surface area contributed by atoms with Crippen LogP contribution in [0.4, 0.5) is 0 Å². The van der Waals surface area contributed by atoms with Crippen LogP contribution in [0.1, 0.15) is 41.4 Å². The normalized spacial score (nSPS) is 15.6. The van der Waals surface area contributed by atoms with E-state index in [4.69, 9.17) is 4.74 Å². The van der Waals surface area contributed by atoms with Crippen LogP contribution in [0.5, 0.6) is 0 Å². The zero-order valence-corrected chi connectivity index (χ0v) is 19.8. The third-order valence-corrected chi connectivity index (χ3v) is 6.01. The van der Waals surface area contributed by atoms with Crippen molar-refractivity contribution in [1.29, 1.82) is 0 Å². The molecule has 0 N–H and O–H groups in total. The first kappa shape index (κ1) is 24.1. The Balaban J connectivity index is 1.77. The van der Waals surface area contributed by atoms with Gasteiger partial charge in [-0.15, -0.1) is 0 Å². The molecule has 1 aliphatic heterocycles. The first-order chi connectivity index (χ1) is 16.9. The summed E-state index contributed by atoms with van der Waals surface area (Å²) in [5, 5.41) is 4.21. The van der Waals surface area contributed by atoms with Gasteiger partial charge in [0.25, 0.3) is 11.5 Å². The number of benzene rings is 2. The first-order valence-electron chi connectivity index (χ1n) is 11.7. The van der Waals surface area contributed by atoms with Crippen molar-refractivity contribution >= 4 is 11.9 Å². The van der Waals surface area contributed by atoms with Gasteiger partial charge in [0.1, 0.15) is 0 Å². The van der Waals surface area contributed by atoms with Gasteiger partial charge in [-0.05, 0) is 44.4 Å². The minimum absolute atomic E-state index is 0.000428. The molecule has 0 bridgehead atoms. The Morgan fingerprint density at radius 1 is 1.09 bits per heavy atom. The molecule has 9 heteroatoms. The van der Waals surface area contributed by atoms with Crippen LogP contribution in [0.3, 0.4) is 0 Å². The van der Waals surface area contributed by atoms with E-state index in [0.717, 1.165) is 20.4 Å². The molecule has 0 saturated carbocycles. The van der Waals surface area contributed by atoms with E-state index >= 15 is 0 Å². The van der Waals surface area contributed by atoms with Crippen molar-refractivity contribution in [2.45, 2.75) is 33.2 Å². The van der Waals surface area contributed by atoms with E-state index in [1.54, 1.807) is 37.3 Å². The maximum absolute atomic E-state index is 13.5. The third-order valence-electron chi connectivity index (χ3n) is 6.01. The number of ether oxygens (including phenoxy) is 1. The topological polar surface area (TPSA) is 104 Å². The molecular formula is C26H28N4O5. The highest BCUT2D eigenvalue weighted by molar-refractivity contribution is 5.92. The summed E-state index contributed by atoms with van der Waals surface area (Å²) in [5.74, 6) is -1.42. The molecule has 0 aliphatic carbocycles. The molecule has 1 saturated heterocycles. The Hall–Kier alpha value is -4.01. The average Bonchev–Trinajstić information content (AvgIpc) is 2.87. The molecule has 1 atom stereocenters. The number of amides is 1. The van der Waals surface area contributed by atoms with Crippen molar-refractivity contribution in [3.05, 3.63) is 92.3 Å². The zero-order chi connectivity index (χ0) is 24.9. The second-order valence-corrected chi connectivity index (χ2v) is 8.60. The molecule has 35 heavy (non-hydrogen) atoms. The number of esters is 1. The fourth-order valence-corrected chi connectivity index (χ4v) is 4.28. The lowest BCUT2D eigenvalue weighted by Crippen LogP contribution is -2.49. The number of nitrogens with zero attached hydrogens (tertiary/aromatic N) is 4. The van der Waals surface area contributed by atoms with Gasteiger partial charge < -0.3 is 9.64 Å². The zero-order valence-electron chi connectivity index (χ0n) is 19.8. The van der Waals surface area contributed by atoms with Crippen LogP contribution in [0.15, 0.2) is 64.2 Å². The molecule has 182 valence electrons. The molecule has 9 nitrogen and oxygen atoms in total. The van der Waals surface area contributed by atoms with E-state index < -0.39 is 23.1 Å². The number of hydrogen-bond acceptors (Lipinski definition) is 6. The Bertz CT molecular complexity index is 1350. The summed E-state index contributed by atoms with van der Waals surface area (Å²) in [5.41, 5.74) is 0.434. The Kier molecular flexibility index (Phi) is 7.24. The quantitative estimate of drug-likeness (QED) is 0.505. The van der Waals surface area contributed by atoms with Gasteiger partial charge >= 0.3 is 11.7 Å². The number of hydrogen-bond donors (Lipinski definition) is 0. The Morgan fingerprint density at radius 3 is 2.57 bits per heavy atom. The summed E-state index contributed by atoms with van der Waals surface area (Å²) in [6.07, 6.45) is 1.21. The molecule has 4 rings (SSSR count). The third kappa shape index (κ3) is 5.24. The van der Waals surface area contributed by atoms with Gasteiger partial charge in [-0.1, -0.05) is 48.0 Å². The summed E-state index contributed by atoms with van der Waals surface area (Å²) in [4.78, 5) is 53.9. The molecule has 2 aromatic carbocycles. The van der Waals surface area contributed by atoms with Gasteiger partial charge in [-0.2, -0.15) is 9.78 Å². The second-order valence-electron chi connectivity index (χ2n) is 8.60. The van der Waals surface area contributed by atoms with Crippen LogP contribution in [-0.2, 0) is 16.1 Å². The predicted molar refractivity (Wildman–Crippen MR) is 130 cm³/mol. The molecule has 1 aliphatic rings. The fraction of sp³-hybridized carbons (Fsp3) is 0.346. The maximum atomic E-state index is 13.5. The van der Waals surface area contributed by atoms with Crippen LogP contribution >= 0.6 is 0 Å². The van der Waals surface area contributed by atoms with Gasteiger partial charge in [0, 0.05) is 13.1 Å². The lowest BCUT2D eigenvalue weighted by molar-refractivity contribution is -0.149. The number of carbonyl (C=O) groups excluding carboxylic acids is 2. The minimum Gasteiger partial charge on any atom is -0.466 e. The van der Waals surface area contributed by atoms with Crippen molar-refractivity contribution in [2.24, 2.45) is 5.92 Å². The van der Waals surface area contributed by atoms with Gasteiger partial charge in [0.2, 0.25) is 5.69 Å². The number of aryl methyl sites for hydroxylation is 1. The number of rotatable bonds is 6. The lowest BCUT2D eigenvalue weighted by atomic mass is 9.98. The van der Waals surface area contributed by atoms with Gasteiger partial charge in [-0.3, -0.25) is 19.0 Å². The van der Waals surface area contributed by atoms with Crippen LogP contribution in [0.25, 0.3) is 5.69 Å². The molecule has 2 heterocycles. The molecule has 1 amide bonds. The van der Waals surface area contributed by atoms with Crippen molar-refractivity contribution in [2.75, 3.05) is 19.7 Å². The van der Waals surface area contributed by atoms with Gasteiger partial charge in [-0.25, -0.2) is 4.79 Å². The number of aromatic nitrogens is 3. The van der Waals surface area contributed by atoms with E-state index in [-0.39, 0.29) is 31.4 Å². The molecule has 1 aromatic heterocycles. The molecular weight excluding hydrogens is 448 g/mol. The second kappa shape index (κ2) is 10.5. The number of likely N-dealkylation sites (tertiary alicyclic amines) is 1. The summed E-state index contributed by atoms with van der Waals surface area (Å²) >= 11 is 0. The highest BCUT2D eigenvalue weighted by atomic mass is 16.5. The van der Waals surface area contributed by atoms with Crippen molar-refractivity contribution in [3.63, 3.8) is 0 Å². The molecule has 0 radical (unpaired) electrons. The SMILES string of the molecule is CCOC(=O)[C@H]1CCCN(C(=O)c2nn(-c3ccccc3)c(=O)n(Cc3cccc(C)c3)c2=O)C1. The standard InChI is InChI=1S/C26H28N4O5/c1-3-35-25(33)20-11-8-14-28(17-20)23(31)22-24(32)29(16-19-10-7-9-18(2)15-19)26(34)30(27-22)21-12-5-4-6-13-21/h4-7,9-10,12-13,15,20H,3,8,11,14,16-17H2,1-2H3/t20-/m0/s1. The van der Waals surface area contributed by atoms with Crippen molar-refractivity contribution < 1.29 is 14.3 Å². The van der Waals surface area contributed by atoms with E-state index in [9.17, 15) is 19.2 Å². The van der Waals surface area contributed by atoms with E-state index in [0.29, 0.717) is 25.1 Å². The van der Waals surface area contributed by atoms with Crippen LogP contribution in [-0.4, -0.2) is 50.8 Å². The minimum atomic E-state index is -0.757. The highest BCUT2D eigenvalue weighted by Gasteiger charge is 2.32. The summed E-state index contributed by atoms with van der Waals surface area (Å²) in [7, 11) is 0. The van der Waals surface area contributed by atoms with Gasteiger partial charge in [0.05, 0.1) is 24.8 Å². The maximum Gasteiger partial charge on any atom is 0.352 e. The Morgan fingerprint density at radius 2 is 1.86 bits per heavy atom. The summed E-state index contributed by atoms with van der Waals surface area (Å²) < 4.78 is 7.24. The van der Waals surface area contributed by atoms with Gasteiger partial charge in [0.15, 0.2) is 0 Å². The van der Waals surface area contributed by atoms with Crippen LogP contribution in [0, 0.1) is 12.8 Å². The van der Waals surface area contributed by atoms with Crippen molar-refractivity contribution in [3.8, 4) is 5.69 Å². The van der Waals surface area contributed by atoms with E-state index in [1.807, 2.05) is 31.2 Å². The highest BCUT2D eigenvalue weighted by Crippen LogP contribution is 2.19. The van der Waals surface area contributed by atoms with E-state index in [2.05, 4.69) is 5.10 Å². The monoisotopic (exact) mass is 476 g/mol. The fourth-order valence-electron chi connectivity index (χ4n) is 4.28. The molecule has 1 fully saturated rings. The number of piperidine rings is 1. The predicted octanol–water partition coefficient (Wildman–Crippen LogP) is 2.17. The number of para-hydroxylation sites is 1. The average molecular weight is 477 g/mol. The Labute approximate surface area is 202 Å². The van der Waals surface area contributed by atoms with Crippen LogP contribution in [0.2, 0.25) is 0 Å². The van der Waals surface area contributed by atoms with Crippen molar-refractivity contribution in [1.82, 2.24) is 19.2 Å². The molecule has 3 aromatic rings. The molecule has 0 unspecified atom stereocenters. The van der Waals surface area contributed by atoms with Crippen LogP contribution < -0.4 is 11.2 Å². The smallest absolute Gasteiger partial charge is 0.352 e. The largest absolute Gasteiger partial charge is 0.466 e.